The van der Waals surface area contributed by atoms with E-state index in [1.807, 2.05) is 29.9 Å². The van der Waals surface area contributed by atoms with Crippen LogP contribution in [0.15, 0.2) is 24.4 Å². The molecule has 1 aliphatic carbocycles. The molecule has 1 saturated carbocycles. The summed E-state index contributed by atoms with van der Waals surface area (Å²) in [6.07, 6.45) is 6.43. The summed E-state index contributed by atoms with van der Waals surface area (Å²) in [5.74, 6) is -0.685. The number of aromatic nitrogens is 2. The van der Waals surface area contributed by atoms with Crippen LogP contribution in [0.1, 0.15) is 37.7 Å². The van der Waals surface area contributed by atoms with Crippen LogP contribution in [-0.2, 0) is 17.3 Å². The standard InChI is InChI=1S/C15H18N2O2/c1-17-13-6-5-12(9-11(13)10-16-17)15(14(18)19)7-3-2-4-8-15/h5-6,9-10H,2-4,7-8H2,1H3,(H,18,19). The van der Waals surface area contributed by atoms with Crippen molar-refractivity contribution in [3.63, 3.8) is 0 Å². The van der Waals surface area contributed by atoms with E-state index < -0.39 is 11.4 Å². The lowest BCUT2D eigenvalue weighted by atomic mass is 9.69. The van der Waals surface area contributed by atoms with Crippen LogP contribution in [0.2, 0.25) is 0 Å². The molecule has 1 fully saturated rings. The Kier molecular flexibility index (Phi) is 2.81. The van der Waals surface area contributed by atoms with Gasteiger partial charge in [0.2, 0.25) is 0 Å². The highest BCUT2D eigenvalue weighted by Gasteiger charge is 2.41. The monoisotopic (exact) mass is 258 g/mol. The third-order valence-corrected chi connectivity index (χ3v) is 4.42. The van der Waals surface area contributed by atoms with Gasteiger partial charge >= 0.3 is 5.97 Å². The van der Waals surface area contributed by atoms with E-state index in [1.54, 1.807) is 6.20 Å². The predicted octanol–water partition coefficient (Wildman–Crippen LogP) is 2.86. The summed E-state index contributed by atoms with van der Waals surface area (Å²) in [6.45, 7) is 0. The molecule has 0 aliphatic heterocycles. The van der Waals surface area contributed by atoms with Crippen molar-refractivity contribution in [2.75, 3.05) is 0 Å². The molecule has 1 heterocycles. The molecule has 0 radical (unpaired) electrons. The van der Waals surface area contributed by atoms with Gasteiger partial charge in [0, 0.05) is 12.4 Å². The molecule has 4 nitrogen and oxygen atoms in total. The van der Waals surface area contributed by atoms with E-state index >= 15 is 0 Å². The zero-order chi connectivity index (χ0) is 13.5. The Labute approximate surface area is 112 Å². The van der Waals surface area contributed by atoms with E-state index in [0.29, 0.717) is 0 Å². The number of carbonyl (C=O) groups is 1. The van der Waals surface area contributed by atoms with Gasteiger partial charge in [0.1, 0.15) is 0 Å². The van der Waals surface area contributed by atoms with Gasteiger partial charge in [-0.25, -0.2) is 0 Å². The fourth-order valence-electron chi connectivity index (χ4n) is 3.24. The molecule has 0 bridgehead atoms. The summed E-state index contributed by atoms with van der Waals surface area (Å²) in [7, 11) is 1.90. The van der Waals surface area contributed by atoms with E-state index in [-0.39, 0.29) is 0 Å². The first-order valence-corrected chi connectivity index (χ1v) is 6.79. The number of carboxylic acids is 1. The molecular weight excluding hydrogens is 240 g/mol. The second kappa shape index (κ2) is 4.37. The molecule has 0 unspecified atom stereocenters. The molecule has 100 valence electrons. The van der Waals surface area contributed by atoms with Gasteiger partial charge < -0.3 is 5.11 Å². The Morgan fingerprint density at radius 3 is 2.74 bits per heavy atom. The molecule has 1 aliphatic rings. The van der Waals surface area contributed by atoms with Crippen molar-refractivity contribution in [2.24, 2.45) is 7.05 Å². The highest BCUT2D eigenvalue weighted by atomic mass is 16.4. The number of rotatable bonds is 2. The van der Waals surface area contributed by atoms with Crippen molar-refractivity contribution in [1.82, 2.24) is 9.78 Å². The van der Waals surface area contributed by atoms with Crippen molar-refractivity contribution in [2.45, 2.75) is 37.5 Å². The number of fused-ring (bicyclic) bond motifs is 1. The molecule has 2 aromatic rings. The van der Waals surface area contributed by atoms with Gasteiger partial charge in [0.05, 0.1) is 17.1 Å². The fourth-order valence-corrected chi connectivity index (χ4v) is 3.24. The summed E-state index contributed by atoms with van der Waals surface area (Å²) in [4.78, 5) is 11.8. The molecule has 0 amide bonds. The summed E-state index contributed by atoms with van der Waals surface area (Å²) in [6, 6.07) is 5.95. The van der Waals surface area contributed by atoms with Gasteiger partial charge in [-0.2, -0.15) is 5.10 Å². The van der Waals surface area contributed by atoms with Crippen molar-refractivity contribution < 1.29 is 9.90 Å². The smallest absolute Gasteiger partial charge is 0.314 e. The molecule has 1 aromatic carbocycles. The minimum atomic E-state index is -0.692. The van der Waals surface area contributed by atoms with Gasteiger partial charge in [-0.15, -0.1) is 0 Å². The average Bonchev–Trinajstić information content (AvgIpc) is 2.80. The lowest BCUT2D eigenvalue weighted by molar-refractivity contribution is -0.145. The van der Waals surface area contributed by atoms with E-state index in [0.717, 1.165) is 48.6 Å². The number of aliphatic carboxylic acids is 1. The molecule has 1 N–H and O–H groups in total. The maximum Gasteiger partial charge on any atom is 0.314 e. The third kappa shape index (κ3) is 1.82. The van der Waals surface area contributed by atoms with Gasteiger partial charge in [-0.3, -0.25) is 9.48 Å². The van der Waals surface area contributed by atoms with Gasteiger partial charge in [-0.05, 0) is 30.5 Å². The maximum absolute atomic E-state index is 11.8. The van der Waals surface area contributed by atoms with E-state index in [9.17, 15) is 9.90 Å². The maximum atomic E-state index is 11.8. The number of hydrogen-bond acceptors (Lipinski definition) is 2. The van der Waals surface area contributed by atoms with Crippen LogP contribution in [-0.4, -0.2) is 20.9 Å². The van der Waals surface area contributed by atoms with Crippen molar-refractivity contribution in [1.29, 1.82) is 0 Å². The summed E-state index contributed by atoms with van der Waals surface area (Å²) < 4.78 is 1.81. The second-order valence-electron chi connectivity index (χ2n) is 5.49. The first kappa shape index (κ1) is 12.2. The molecular formula is C15H18N2O2. The SMILES string of the molecule is Cn1ncc2cc(C3(C(=O)O)CCCCC3)ccc21. The number of aryl methyl sites for hydroxylation is 1. The minimum Gasteiger partial charge on any atom is -0.481 e. The van der Waals surface area contributed by atoms with Crippen LogP contribution in [0.5, 0.6) is 0 Å². The number of nitrogens with zero attached hydrogens (tertiary/aromatic N) is 2. The normalized spacial score (nSPS) is 18.6. The van der Waals surface area contributed by atoms with Gasteiger partial charge in [0.15, 0.2) is 0 Å². The lowest BCUT2D eigenvalue weighted by Gasteiger charge is -2.33. The predicted molar refractivity (Wildman–Crippen MR) is 73.1 cm³/mol. The second-order valence-corrected chi connectivity index (χ2v) is 5.49. The van der Waals surface area contributed by atoms with E-state index in [2.05, 4.69) is 5.10 Å². The quantitative estimate of drug-likeness (QED) is 0.901. The largest absolute Gasteiger partial charge is 0.481 e. The molecule has 0 spiro atoms. The molecule has 1 aromatic heterocycles. The number of hydrogen-bond donors (Lipinski definition) is 1. The van der Waals surface area contributed by atoms with Crippen LogP contribution >= 0.6 is 0 Å². The third-order valence-electron chi connectivity index (χ3n) is 4.42. The Morgan fingerprint density at radius 2 is 2.05 bits per heavy atom. The summed E-state index contributed by atoms with van der Waals surface area (Å²) in [5.41, 5.74) is 1.28. The van der Waals surface area contributed by atoms with Crippen LogP contribution in [0.3, 0.4) is 0 Å². The zero-order valence-corrected chi connectivity index (χ0v) is 11.1. The van der Waals surface area contributed by atoms with E-state index in [4.69, 9.17) is 0 Å². The minimum absolute atomic E-state index is 0.685. The topological polar surface area (TPSA) is 55.1 Å². The number of carboxylic acid groups (broad SMARTS) is 1. The van der Waals surface area contributed by atoms with Crippen LogP contribution in [0.4, 0.5) is 0 Å². The molecule has 19 heavy (non-hydrogen) atoms. The molecule has 4 heteroatoms. The van der Waals surface area contributed by atoms with Crippen molar-refractivity contribution in [3.8, 4) is 0 Å². The van der Waals surface area contributed by atoms with Crippen LogP contribution in [0, 0.1) is 0 Å². The Morgan fingerprint density at radius 1 is 1.32 bits per heavy atom. The zero-order valence-electron chi connectivity index (χ0n) is 11.1. The Bertz CT molecular complexity index is 624. The Balaban J connectivity index is 2.12. The molecule has 0 saturated heterocycles. The number of benzene rings is 1. The van der Waals surface area contributed by atoms with Gasteiger partial charge in [-0.1, -0.05) is 25.3 Å². The summed E-state index contributed by atoms with van der Waals surface area (Å²) in [5, 5.41) is 14.9. The first-order chi connectivity index (χ1) is 9.13. The van der Waals surface area contributed by atoms with E-state index in [1.165, 1.54) is 0 Å². The van der Waals surface area contributed by atoms with Crippen molar-refractivity contribution in [3.05, 3.63) is 30.0 Å². The summed E-state index contributed by atoms with van der Waals surface area (Å²) >= 11 is 0. The highest BCUT2D eigenvalue weighted by molar-refractivity contribution is 5.85. The average molecular weight is 258 g/mol. The highest BCUT2D eigenvalue weighted by Crippen LogP contribution is 2.40. The first-order valence-electron chi connectivity index (χ1n) is 6.79. The van der Waals surface area contributed by atoms with Crippen LogP contribution < -0.4 is 0 Å². The fraction of sp³-hybridized carbons (Fsp3) is 0.467. The Hall–Kier alpha value is -1.84. The molecule has 3 rings (SSSR count). The molecule has 0 atom stereocenters. The van der Waals surface area contributed by atoms with Crippen LogP contribution in [0.25, 0.3) is 10.9 Å². The van der Waals surface area contributed by atoms with Gasteiger partial charge in [0.25, 0.3) is 0 Å². The lowest BCUT2D eigenvalue weighted by Crippen LogP contribution is -2.37. The van der Waals surface area contributed by atoms with Crippen molar-refractivity contribution >= 4 is 16.9 Å².